The molecule has 0 spiro atoms. The molecule has 2 aromatic rings. The van der Waals surface area contributed by atoms with Gasteiger partial charge in [-0.15, -0.1) is 0 Å². The van der Waals surface area contributed by atoms with Crippen LogP contribution in [0.5, 0.6) is 0 Å². The van der Waals surface area contributed by atoms with Crippen molar-refractivity contribution >= 4 is 0 Å². The first-order valence-corrected chi connectivity index (χ1v) is 7.24. The average Bonchev–Trinajstić information content (AvgIpc) is 3.06. The van der Waals surface area contributed by atoms with Crippen molar-refractivity contribution in [3.05, 3.63) is 83.2 Å². The van der Waals surface area contributed by atoms with Gasteiger partial charge in [-0.05, 0) is 23.1 Å². The fourth-order valence-electron chi connectivity index (χ4n) is 3.34. The normalized spacial score (nSPS) is 19.4. The molecule has 0 aromatic heterocycles. The van der Waals surface area contributed by atoms with Gasteiger partial charge < -0.3 is 10.6 Å². The minimum Gasteiger partial charge on any atom is -0.370 e. The predicted molar refractivity (Wildman–Crippen MR) is 81.3 cm³/mol. The molecule has 20 heavy (non-hydrogen) atoms. The van der Waals surface area contributed by atoms with E-state index >= 15 is 0 Å². The van der Waals surface area contributed by atoms with Crippen LogP contribution in [0.1, 0.15) is 17.5 Å². The van der Waals surface area contributed by atoms with Crippen molar-refractivity contribution in [3.63, 3.8) is 0 Å². The van der Waals surface area contributed by atoms with Gasteiger partial charge in [0.15, 0.2) is 0 Å². The van der Waals surface area contributed by atoms with E-state index in [0.717, 1.165) is 19.5 Å². The quantitative estimate of drug-likeness (QED) is 0.869. The molecular formula is C18H18N2. The van der Waals surface area contributed by atoms with Crippen LogP contribution in [0.3, 0.4) is 0 Å². The molecular weight excluding hydrogens is 244 g/mol. The zero-order chi connectivity index (χ0) is 13.4. The van der Waals surface area contributed by atoms with Crippen LogP contribution in [-0.2, 0) is 5.41 Å². The number of benzene rings is 2. The first kappa shape index (κ1) is 11.6. The molecule has 2 nitrogen and oxygen atoms in total. The largest absolute Gasteiger partial charge is 0.370 e. The Morgan fingerprint density at radius 3 is 1.70 bits per heavy atom. The van der Waals surface area contributed by atoms with Gasteiger partial charge in [0.1, 0.15) is 0 Å². The highest BCUT2D eigenvalue weighted by Crippen LogP contribution is 2.59. The van der Waals surface area contributed by atoms with Crippen LogP contribution in [0.15, 0.2) is 72.1 Å². The van der Waals surface area contributed by atoms with Crippen LogP contribution in [0.4, 0.5) is 0 Å². The van der Waals surface area contributed by atoms with Gasteiger partial charge in [-0.2, -0.15) is 0 Å². The summed E-state index contributed by atoms with van der Waals surface area (Å²) in [6.45, 7) is 2.05. The molecule has 2 N–H and O–H groups in total. The van der Waals surface area contributed by atoms with E-state index in [1.165, 1.54) is 22.5 Å². The third kappa shape index (κ3) is 1.64. The van der Waals surface area contributed by atoms with Gasteiger partial charge in [0.25, 0.3) is 0 Å². The van der Waals surface area contributed by atoms with Crippen LogP contribution >= 0.6 is 0 Å². The Hall–Kier alpha value is -2.22. The number of allylic oxidation sites excluding steroid dienone is 1. The second kappa shape index (κ2) is 4.41. The average molecular weight is 262 g/mol. The van der Waals surface area contributed by atoms with E-state index in [1.807, 2.05) is 0 Å². The Kier molecular flexibility index (Phi) is 2.56. The summed E-state index contributed by atoms with van der Waals surface area (Å²) in [7, 11) is 0. The molecule has 0 bridgehead atoms. The summed E-state index contributed by atoms with van der Waals surface area (Å²) in [6.07, 6.45) is 1.11. The smallest absolute Gasteiger partial charge is 0.0992 e. The Bertz CT molecular complexity index is 596. The Labute approximate surface area is 119 Å². The zero-order valence-electron chi connectivity index (χ0n) is 11.4. The van der Waals surface area contributed by atoms with E-state index < -0.39 is 0 Å². The lowest BCUT2D eigenvalue weighted by Gasteiger charge is -2.17. The lowest BCUT2D eigenvalue weighted by Crippen LogP contribution is -2.15. The SMILES string of the molecule is c1ccc(C2(c3ccccc3)CC2=C2NCCN2)cc1. The van der Waals surface area contributed by atoms with Gasteiger partial charge in [0, 0.05) is 18.5 Å². The molecule has 0 atom stereocenters. The van der Waals surface area contributed by atoms with E-state index in [1.54, 1.807) is 0 Å². The van der Waals surface area contributed by atoms with E-state index in [0.29, 0.717) is 0 Å². The van der Waals surface area contributed by atoms with Gasteiger partial charge in [0.05, 0.1) is 5.82 Å². The maximum Gasteiger partial charge on any atom is 0.0992 e. The second-order valence-corrected chi connectivity index (χ2v) is 5.52. The molecule has 1 saturated carbocycles. The summed E-state index contributed by atoms with van der Waals surface area (Å²) in [5.41, 5.74) is 4.35. The van der Waals surface area contributed by atoms with Crippen molar-refractivity contribution in [1.82, 2.24) is 10.6 Å². The highest BCUT2D eigenvalue weighted by atomic mass is 15.2. The maximum absolute atomic E-state index is 3.48. The Morgan fingerprint density at radius 2 is 1.20 bits per heavy atom. The van der Waals surface area contributed by atoms with Crippen LogP contribution in [0.2, 0.25) is 0 Å². The topological polar surface area (TPSA) is 24.1 Å². The van der Waals surface area contributed by atoms with Gasteiger partial charge in [-0.1, -0.05) is 60.7 Å². The summed E-state index contributed by atoms with van der Waals surface area (Å²) >= 11 is 0. The van der Waals surface area contributed by atoms with Crippen molar-refractivity contribution in [2.45, 2.75) is 11.8 Å². The highest BCUT2D eigenvalue weighted by molar-refractivity contribution is 5.61. The Balaban J connectivity index is 1.86. The van der Waals surface area contributed by atoms with Gasteiger partial charge in [-0.25, -0.2) is 0 Å². The second-order valence-electron chi connectivity index (χ2n) is 5.52. The summed E-state index contributed by atoms with van der Waals surface area (Å²) in [5.74, 6) is 1.25. The molecule has 2 fully saturated rings. The van der Waals surface area contributed by atoms with Crippen LogP contribution in [0.25, 0.3) is 0 Å². The van der Waals surface area contributed by atoms with E-state index in [-0.39, 0.29) is 5.41 Å². The molecule has 100 valence electrons. The predicted octanol–water partition coefficient (Wildman–Crippen LogP) is 2.78. The number of hydrogen-bond acceptors (Lipinski definition) is 2. The van der Waals surface area contributed by atoms with Crippen molar-refractivity contribution in [2.24, 2.45) is 0 Å². The monoisotopic (exact) mass is 262 g/mol. The minimum atomic E-state index is 0.0716. The Morgan fingerprint density at radius 1 is 0.700 bits per heavy atom. The molecule has 2 aliphatic rings. The highest BCUT2D eigenvalue weighted by Gasteiger charge is 2.53. The van der Waals surface area contributed by atoms with Crippen molar-refractivity contribution in [2.75, 3.05) is 13.1 Å². The lowest BCUT2D eigenvalue weighted by molar-refractivity contribution is 0.858. The van der Waals surface area contributed by atoms with E-state index in [9.17, 15) is 0 Å². The first-order valence-electron chi connectivity index (χ1n) is 7.24. The molecule has 0 amide bonds. The van der Waals surface area contributed by atoms with Crippen molar-refractivity contribution < 1.29 is 0 Å². The maximum atomic E-state index is 3.48. The third-order valence-corrected chi connectivity index (χ3v) is 4.40. The van der Waals surface area contributed by atoms with Crippen LogP contribution < -0.4 is 10.6 Å². The molecule has 0 unspecified atom stereocenters. The molecule has 2 aromatic carbocycles. The standard InChI is InChI=1S/C18H18N2/c1-3-7-14(8-4-1)18(15-9-5-2-6-10-15)13-16(18)17-19-11-12-20-17/h1-10,19-20H,11-13H2. The van der Waals surface area contributed by atoms with E-state index in [4.69, 9.17) is 0 Å². The van der Waals surface area contributed by atoms with Crippen LogP contribution in [-0.4, -0.2) is 13.1 Å². The van der Waals surface area contributed by atoms with Crippen molar-refractivity contribution in [3.8, 4) is 0 Å². The zero-order valence-corrected chi connectivity index (χ0v) is 11.4. The number of nitrogens with one attached hydrogen (secondary N) is 2. The number of rotatable bonds is 2. The molecule has 2 heteroatoms. The van der Waals surface area contributed by atoms with Gasteiger partial charge in [-0.3, -0.25) is 0 Å². The third-order valence-electron chi connectivity index (χ3n) is 4.40. The molecule has 1 heterocycles. The summed E-state index contributed by atoms with van der Waals surface area (Å²) in [4.78, 5) is 0. The van der Waals surface area contributed by atoms with Gasteiger partial charge in [0.2, 0.25) is 0 Å². The number of hydrogen-bond donors (Lipinski definition) is 2. The van der Waals surface area contributed by atoms with Crippen molar-refractivity contribution in [1.29, 1.82) is 0 Å². The summed E-state index contributed by atoms with van der Waals surface area (Å²) in [6, 6.07) is 21.7. The lowest BCUT2D eigenvalue weighted by atomic mass is 9.87. The van der Waals surface area contributed by atoms with Crippen LogP contribution in [0, 0.1) is 0 Å². The first-order chi connectivity index (χ1) is 9.91. The molecule has 1 saturated heterocycles. The minimum absolute atomic E-state index is 0.0716. The molecule has 4 rings (SSSR count). The summed E-state index contributed by atoms with van der Waals surface area (Å²) in [5, 5.41) is 6.96. The fourth-order valence-corrected chi connectivity index (χ4v) is 3.34. The summed E-state index contributed by atoms with van der Waals surface area (Å²) < 4.78 is 0. The van der Waals surface area contributed by atoms with E-state index in [2.05, 4.69) is 71.3 Å². The molecule has 1 aliphatic heterocycles. The fraction of sp³-hybridized carbons (Fsp3) is 0.222. The molecule has 1 aliphatic carbocycles. The molecule has 0 radical (unpaired) electrons. The van der Waals surface area contributed by atoms with Gasteiger partial charge >= 0.3 is 0 Å².